The van der Waals surface area contributed by atoms with Crippen LogP contribution in [0.3, 0.4) is 0 Å². The predicted molar refractivity (Wildman–Crippen MR) is 107 cm³/mol. The Hall–Kier alpha value is -3.14. The highest BCUT2D eigenvalue weighted by molar-refractivity contribution is 5.87. The molecule has 0 atom stereocenters. The van der Waals surface area contributed by atoms with Crippen LogP contribution in [0.4, 0.5) is 18.0 Å². The molecule has 3 heterocycles. The van der Waals surface area contributed by atoms with Crippen LogP contribution in [0, 0.1) is 0 Å². The van der Waals surface area contributed by atoms with Crippen LogP contribution in [0.5, 0.6) is 0 Å². The van der Waals surface area contributed by atoms with Gasteiger partial charge >= 0.3 is 18.2 Å². The van der Waals surface area contributed by atoms with Crippen molar-refractivity contribution in [2.45, 2.75) is 37.7 Å². The SMILES string of the molecule is O=C(O)c1ccc(CN2CC3(CCN(Cc4ccc(C(F)(F)F)cc4)CC3)OC2=O)nc1. The van der Waals surface area contributed by atoms with Crippen molar-refractivity contribution in [1.82, 2.24) is 14.8 Å². The molecule has 0 radical (unpaired) electrons. The van der Waals surface area contributed by atoms with E-state index in [1.807, 2.05) is 0 Å². The van der Waals surface area contributed by atoms with E-state index >= 15 is 0 Å². The van der Waals surface area contributed by atoms with Crippen LogP contribution in [0.25, 0.3) is 0 Å². The Labute approximate surface area is 182 Å². The molecule has 1 aromatic heterocycles. The first-order valence-electron chi connectivity index (χ1n) is 10.2. The second-order valence-electron chi connectivity index (χ2n) is 8.22. The van der Waals surface area contributed by atoms with E-state index in [9.17, 15) is 22.8 Å². The van der Waals surface area contributed by atoms with Crippen LogP contribution in [-0.4, -0.2) is 57.2 Å². The molecule has 2 aromatic rings. The first kappa shape index (κ1) is 22.1. The van der Waals surface area contributed by atoms with E-state index in [4.69, 9.17) is 9.84 Å². The largest absolute Gasteiger partial charge is 0.478 e. The second kappa shape index (κ2) is 8.42. The van der Waals surface area contributed by atoms with E-state index in [2.05, 4.69) is 9.88 Å². The van der Waals surface area contributed by atoms with E-state index in [-0.39, 0.29) is 12.1 Å². The number of nitrogens with zero attached hydrogens (tertiary/aromatic N) is 3. The van der Waals surface area contributed by atoms with Crippen molar-refractivity contribution < 1.29 is 32.6 Å². The molecular weight excluding hydrogens is 427 g/mol. The zero-order valence-corrected chi connectivity index (χ0v) is 17.1. The highest BCUT2D eigenvalue weighted by Crippen LogP contribution is 2.34. The Bertz CT molecular complexity index is 985. The average molecular weight is 449 g/mol. The minimum Gasteiger partial charge on any atom is -0.478 e. The molecule has 2 fully saturated rings. The summed E-state index contributed by atoms with van der Waals surface area (Å²) in [6.07, 6.45) is -2.26. The normalized spacial score (nSPS) is 18.7. The van der Waals surface area contributed by atoms with Gasteiger partial charge in [-0.2, -0.15) is 13.2 Å². The van der Waals surface area contributed by atoms with Crippen LogP contribution < -0.4 is 0 Å². The summed E-state index contributed by atoms with van der Waals surface area (Å²) >= 11 is 0. The quantitative estimate of drug-likeness (QED) is 0.748. The van der Waals surface area contributed by atoms with Crippen molar-refractivity contribution in [3.63, 3.8) is 0 Å². The van der Waals surface area contributed by atoms with Crippen molar-refractivity contribution in [3.8, 4) is 0 Å². The van der Waals surface area contributed by atoms with Gasteiger partial charge in [-0.3, -0.25) is 14.8 Å². The van der Waals surface area contributed by atoms with Gasteiger partial charge in [-0.1, -0.05) is 12.1 Å². The number of carbonyl (C=O) groups excluding carboxylic acids is 1. The number of halogens is 3. The third-order valence-electron chi connectivity index (χ3n) is 5.92. The van der Waals surface area contributed by atoms with Gasteiger partial charge in [0.1, 0.15) is 5.60 Å². The Morgan fingerprint density at radius 1 is 1.09 bits per heavy atom. The number of aromatic carboxylic acids is 1. The molecule has 32 heavy (non-hydrogen) atoms. The topological polar surface area (TPSA) is 83.0 Å². The molecule has 1 spiro atoms. The first-order valence-corrected chi connectivity index (χ1v) is 10.2. The molecule has 4 rings (SSSR count). The number of piperidine rings is 1. The van der Waals surface area contributed by atoms with E-state index < -0.39 is 29.4 Å². The number of aromatic nitrogens is 1. The van der Waals surface area contributed by atoms with Gasteiger partial charge in [-0.15, -0.1) is 0 Å². The maximum atomic E-state index is 12.7. The summed E-state index contributed by atoms with van der Waals surface area (Å²) in [4.78, 5) is 31.1. The molecule has 7 nitrogen and oxygen atoms in total. The molecule has 170 valence electrons. The average Bonchev–Trinajstić information content (AvgIpc) is 3.04. The number of pyridine rings is 1. The molecule has 2 aliphatic rings. The number of benzene rings is 1. The number of hydrogen-bond donors (Lipinski definition) is 1. The van der Waals surface area contributed by atoms with Crippen molar-refractivity contribution in [3.05, 3.63) is 65.0 Å². The minimum atomic E-state index is -4.35. The van der Waals surface area contributed by atoms with Crippen LogP contribution in [0.15, 0.2) is 42.6 Å². The molecule has 0 saturated carbocycles. The molecule has 1 amide bonds. The van der Waals surface area contributed by atoms with Crippen LogP contribution in [0.2, 0.25) is 0 Å². The number of carboxylic acid groups (broad SMARTS) is 1. The standard InChI is InChI=1S/C22H22F3N3O4/c23-22(24,25)17-4-1-15(2-5-17)12-27-9-7-21(8-10-27)14-28(20(31)32-21)13-18-6-3-16(11-26-18)19(29)30/h1-6,11H,7-10,12-14H2,(H,29,30). The lowest BCUT2D eigenvalue weighted by molar-refractivity contribution is -0.137. The summed E-state index contributed by atoms with van der Waals surface area (Å²) in [6, 6.07) is 8.19. The number of hydrogen-bond acceptors (Lipinski definition) is 5. The Kier molecular flexibility index (Phi) is 5.81. The molecule has 0 bridgehead atoms. The fourth-order valence-electron chi connectivity index (χ4n) is 4.09. The Morgan fingerprint density at radius 2 is 1.78 bits per heavy atom. The van der Waals surface area contributed by atoms with Gasteiger partial charge in [0.25, 0.3) is 0 Å². The zero-order valence-electron chi connectivity index (χ0n) is 17.1. The van der Waals surface area contributed by atoms with Gasteiger partial charge in [-0.05, 0) is 29.8 Å². The molecular formula is C22H22F3N3O4. The fourth-order valence-corrected chi connectivity index (χ4v) is 4.09. The zero-order chi connectivity index (χ0) is 22.9. The van der Waals surface area contributed by atoms with Crippen LogP contribution in [-0.2, 0) is 24.0 Å². The molecule has 10 heteroatoms. The number of carbonyl (C=O) groups is 2. The molecule has 0 aliphatic carbocycles. The number of likely N-dealkylation sites (tertiary alicyclic amines) is 1. The number of carboxylic acids is 1. The number of ether oxygens (including phenoxy) is 1. The van der Waals surface area contributed by atoms with Crippen molar-refractivity contribution in [2.75, 3.05) is 19.6 Å². The van der Waals surface area contributed by atoms with Crippen LogP contribution in [0.1, 0.15) is 40.0 Å². The van der Waals surface area contributed by atoms with E-state index in [0.717, 1.165) is 17.7 Å². The minimum absolute atomic E-state index is 0.0784. The van der Waals surface area contributed by atoms with Gasteiger partial charge in [-0.25, -0.2) is 9.59 Å². The monoisotopic (exact) mass is 449 g/mol. The van der Waals surface area contributed by atoms with Gasteiger partial charge in [0, 0.05) is 38.7 Å². The van der Waals surface area contributed by atoms with Crippen molar-refractivity contribution in [1.29, 1.82) is 0 Å². The first-order chi connectivity index (χ1) is 15.1. The highest BCUT2D eigenvalue weighted by Gasteiger charge is 2.46. The molecule has 0 unspecified atom stereocenters. The van der Waals surface area contributed by atoms with Gasteiger partial charge in [0.05, 0.1) is 29.9 Å². The summed E-state index contributed by atoms with van der Waals surface area (Å²) in [5.41, 5.74) is 0.200. The van der Waals surface area contributed by atoms with Crippen molar-refractivity contribution >= 4 is 12.1 Å². The van der Waals surface area contributed by atoms with Crippen molar-refractivity contribution in [2.24, 2.45) is 0 Å². The third kappa shape index (κ3) is 4.85. The third-order valence-corrected chi connectivity index (χ3v) is 5.92. The fraction of sp³-hybridized carbons (Fsp3) is 0.409. The molecule has 2 aliphatic heterocycles. The molecule has 1 N–H and O–H groups in total. The van der Waals surface area contributed by atoms with E-state index in [1.165, 1.54) is 24.4 Å². The number of alkyl halides is 3. The lowest BCUT2D eigenvalue weighted by Gasteiger charge is -2.37. The maximum absolute atomic E-state index is 12.7. The van der Waals surface area contributed by atoms with Crippen LogP contribution >= 0.6 is 0 Å². The summed E-state index contributed by atoms with van der Waals surface area (Å²) in [5, 5.41) is 8.95. The smallest absolute Gasteiger partial charge is 0.416 e. The van der Waals surface area contributed by atoms with E-state index in [0.29, 0.717) is 44.7 Å². The number of rotatable bonds is 5. The molecule has 1 aromatic carbocycles. The summed E-state index contributed by atoms with van der Waals surface area (Å²) in [6.45, 7) is 2.51. The molecule has 2 saturated heterocycles. The summed E-state index contributed by atoms with van der Waals surface area (Å²) in [5.74, 6) is -1.06. The van der Waals surface area contributed by atoms with E-state index in [1.54, 1.807) is 11.0 Å². The maximum Gasteiger partial charge on any atom is 0.416 e. The van der Waals surface area contributed by atoms with Gasteiger partial charge in [0.2, 0.25) is 0 Å². The second-order valence-corrected chi connectivity index (χ2v) is 8.22. The predicted octanol–water partition coefficient (Wildman–Crippen LogP) is 3.79. The van der Waals surface area contributed by atoms with Gasteiger partial charge in [0.15, 0.2) is 0 Å². The highest BCUT2D eigenvalue weighted by atomic mass is 19.4. The summed E-state index contributed by atoms with van der Waals surface area (Å²) < 4.78 is 43.8. The Morgan fingerprint density at radius 3 is 2.34 bits per heavy atom. The lowest BCUT2D eigenvalue weighted by Crippen LogP contribution is -2.46. The summed E-state index contributed by atoms with van der Waals surface area (Å²) in [7, 11) is 0. The number of amides is 1. The Balaban J connectivity index is 1.31. The van der Waals surface area contributed by atoms with Gasteiger partial charge < -0.3 is 9.84 Å². The lowest BCUT2D eigenvalue weighted by atomic mass is 9.91.